The van der Waals surface area contributed by atoms with Crippen molar-refractivity contribution in [2.45, 2.75) is 83.3 Å². The second-order valence-corrected chi connectivity index (χ2v) is 7.78. The standard InChI is InChI=1S/C18H35NO/c1-18(2,20-4)12-11-17(19-3)16-10-9-14-7-5-6-8-15(14)13-16/h14-17,19H,5-13H2,1-4H3. The molecule has 0 heterocycles. The first-order chi connectivity index (χ1) is 9.55. The van der Waals surface area contributed by atoms with Crippen molar-refractivity contribution in [2.24, 2.45) is 17.8 Å². The highest BCUT2D eigenvalue weighted by molar-refractivity contribution is 4.88. The highest BCUT2D eigenvalue weighted by Gasteiger charge is 2.35. The first-order valence-corrected chi connectivity index (χ1v) is 8.78. The van der Waals surface area contributed by atoms with E-state index in [0.29, 0.717) is 6.04 Å². The van der Waals surface area contributed by atoms with Crippen molar-refractivity contribution in [1.82, 2.24) is 5.32 Å². The predicted octanol–water partition coefficient (Wildman–Crippen LogP) is 4.39. The molecule has 0 aliphatic heterocycles. The molecule has 118 valence electrons. The van der Waals surface area contributed by atoms with E-state index in [-0.39, 0.29) is 5.60 Å². The quantitative estimate of drug-likeness (QED) is 0.780. The van der Waals surface area contributed by atoms with Crippen molar-refractivity contribution in [3.8, 4) is 0 Å². The molecule has 2 aliphatic carbocycles. The lowest BCUT2D eigenvalue weighted by molar-refractivity contribution is 0.00812. The van der Waals surface area contributed by atoms with E-state index in [1.54, 1.807) is 0 Å². The maximum absolute atomic E-state index is 5.58. The van der Waals surface area contributed by atoms with Gasteiger partial charge in [-0.05, 0) is 70.8 Å². The molecule has 4 unspecified atom stereocenters. The molecule has 0 saturated heterocycles. The average Bonchev–Trinajstić information content (AvgIpc) is 2.47. The lowest BCUT2D eigenvalue weighted by Gasteiger charge is -2.42. The van der Waals surface area contributed by atoms with E-state index in [1.165, 1.54) is 51.4 Å². The van der Waals surface area contributed by atoms with Crippen LogP contribution in [0.2, 0.25) is 0 Å². The molecule has 0 aromatic carbocycles. The van der Waals surface area contributed by atoms with E-state index >= 15 is 0 Å². The summed E-state index contributed by atoms with van der Waals surface area (Å²) in [5.74, 6) is 2.99. The van der Waals surface area contributed by atoms with Crippen LogP contribution in [0, 0.1) is 17.8 Å². The van der Waals surface area contributed by atoms with E-state index in [9.17, 15) is 0 Å². The van der Waals surface area contributed by atoms with Gasteiger partial charge in [0, 0.05) is 13.2 Å². The van der Waals surface area contributed by atoms with Gasteiger partial charge in [0.1, 0.15) is 0 Å². The van der Waals surface area contributed by atoms with Crippen molar-refractivity contribution >= 4 is 0 Å². The summed E-state index contributed by atoms with van der Waals surface area (Å²) in [5, 5.41) is 3.61. The van der Waals surface area contributed by atoms with E-state index in [4.69, 9.17) is 4.74 Å². The third-order valence-electron chi connectivity index (χ3n) is 6.13. The Morgan fingerprint density at radius 1 is 1.10 bits per heavy atom. The molecule has 1 N–H and O–H groups in total. The minimum absolute atomic E-state index is 0.0249. The molecule has 2 fully saturated rings. The molecule has 2 rings (SSSR count). The van der Waals surface area contributed by atoms with Crippen molar-refractivity contribution in [3.63, 3.8) is 0 Å². The number of nitrogens with one attached hydrogen (secondary N) is 1. The Morgan fingerprint density at radius 3 is 2.45 bits per heavy atom. The van der Waals surface area contributed by atoms with E-state index < -0.39 is 0 Å². The van der Waals surface area contributed by atoms with Crippen LogP contribution in [0.25, 0.3) is 0 Å². The van der Waals surface area contributed by atoms with Crippen LogP contribution in [0.3, 0.4) is 0 Å². The SMILES string of the molecule is CNC(CCC(C)(C)OC)C1CCC2CCCCC2C1. The van der Waals surface area contributed by atoms with Crippen LogP contribution >= 0.6 is 0 Å². The second kappa shape index (κ2) is 7.26. The Kier molecular flexibility index (Phi) is 5.92. The van der Waals surface area contributed by atoms with Crippen LogP contribution < -0.4 is 5.32 Å². The molecule has 0 spiro atoms. The highest BCUT2D eigenvalue weighted by Crippen LogP contribution is 2.44. The largest absolute Gasteiger partial charge is 0.379 e. The number of rotatable bonds is 6. The third-order valence-corrected chi connectivity index (χ3v) is 6.13. The Labute approximate surface area is 126 Å². The fourth-order valence-corrected chi connectivity index (χ4v) is 4.50. The van der Waals surface area contributed by atoms with Gasteiger partial charge in [-0.25, -0.2) is 0 Å². The third kappa shape index (κ3) is 4.21. The van der Waals surface area contributed by atoms with E-state index in [2.05, 4.69) is 26.2 Å². The van der Waals surface area contributed by atoms with Crippen LogP contribution in [-0.2, 0) is 4.74 Å². The van der Waals surface area contributed by atoms with Gasteiger partial charge < -0.3 is 10.1 Å². The zero-order valence-corrected chi connectivity index (χ0v) is 14.1. The Hall–Kier alpha value is -0.0800. The molecule has 20 heavy (non-hydrogen) atoms. The van der Waals surface area contributed by atoms with Gasteiger partial charge in [0.25, 0.3) is 0 Å². The molecule has 4 atom stereocenters. The molecular weight excluding hydrogens is 246 g/mol. The maximum atomic E-state index is 5.58. The van der Waals surface area contributed by atoms with Crippen LogP contribution in [-0.4, -0.2) is 25.8 Å². The number of ether oxygens (including phenoxy) is 1. The van der Waals surface area contributed by atoms with E-state index in [0.717, 1.165) is 24.2 Å². The molecule has 0 aromatic heterocycles. The van der Waals surface area contributed by atoms with Gasteiger partial charge >= 0.3 is 0 Å². The van der Waals surface area contributed by atoms with Crippen molar-refractivity contribution < 1.29 is 4.74 Å². The van der Waals surface area contributed by atoms with Gasteiger partial charge in [0.2, 0.25) is 0 Å². The maximum Gasteiger partial charge on any atom is 0.0623 e. The summed E-state index contributed by atoms with van der Waals surface area (Å²) in [4.78, 5) is 0. The first-order valence-electron chi connectivity index (χ1n) is 8.78. The molecule has 2 aliphatic rings. The molecule has 0 radical (unpaired) electrons. The summed E-state index contributed by atoms with van der Waals surface area (Å²) in [7, 11) is 3.99. The Morgan fingerprint density at radius 2 is 1.80 bits per heavy atom. The molecular formula is C18H35NO. The lowest BCUT2D eigenvalue weighted by Crippen LogP contribution is -2.40. The number of hydrogen-bond acceptors (Lipinski definition) is 2. The Bertz CT molecular complexity index is 289. The second-order valence-electron chi connectivity index (χ2n) is 7.78. The number of hydrogen-bond donors (Lipinski definition) is 1. The highest BCUT2D eigenvalue weighted by atomic mass is 16.5. The topological polar surface area (TPSA) is 21.3 Å². The Balaban J connectivity index is 1.85. The molecule has 0 aromatic rings. The fraction of sp³-hybridized carbons (Fsp3) is 1.00. The number of fused-ring (bicyclic) bond motifs is 1. The monoisotopic (exact) mass is 281 g/mol. The minimum Gasteiger partial charge on any atom is -0.379 e. The van der Waals surface area contributed by atoms with Gasteiger partial charge in [0.05, 0.1) is 5.60 Å². The molecule has 2 nitrogen and oxygen atoms in total. The molecule has 2 saturated carbocycles. The van der Waals surface area contributed by atoms with Crippen molar-refractivity contribution in [3.05, 3.63) is 0 Å². The zero-order valence-electron chi connectivity index (χ0n) is 14.1. The summed E-state index contributed by atoms with van der Waals surface area (Å²) in [6.45, 7) is 4.41. The van der Waals surface area contributed by atoms with Crippen LogP contribution in [0.15, 0.2) is 0 Å². The molecule has 0 amide bonds. The zero-order chi connectivity index (χ0) is 14.6. The molecule has 0 bridgehead atoms. The fourth-order valence-electron chi connectivity index (χ4n) is 4.50. The van der Waals surface area contributed by atoms with Gasteiger partial charge in [-0.1, -0.05) is 25.7 Å². The van der Waals surface area contributed by atoms with Gasteiger partial charge in [-0.3, -0.25) is 0 Å². The van der Waals surface area contributed by atoms with Gasteiger partial charge in [-0.15, -0.1) is 0 Å². The normalized spacial score (nSPS) is 32.7. The van der Waals surface area contributed by atoms with Gasteiger partial charge in [-0.2, -0.15) is 0 Å². The minimum atomic E-state index is 0.0249. The van der Waals surface area contributed by atoms with Crippen LogP contribution in [0.1, 0.15) is 71.6 Å². The van der Waals surface area contributed by atoms with Crippen molar-refractivity contribution in [1.29, 1.82) is 0 Å². The van der Waals surface area contributed by atoms with Crippen LogP contribution in [0.4, 0.5) is 0 Å². The average molecular weight is 281 g/mol. The lowest BCUT2D eigenvalue weighted by atomic mass is 9.65. The molecule has 2 heteroatoms. The number of methoxy groups -OCH3 is 1. The predicted molar refractivity (Wildman–Crippen MR) is 86.0 cm³/mol. The summed E-state index contributed by atoms with van der Waals surface area (Å²) in [6.07, 6.45) is 12.8. The van der Waals surface area contributed by atoms with E-state index in [1.807, 2.05) is 7.11 Å². The van der Waals surface area contributed by atoms with Crippen molar-refractivity contribution in [2.75, 3.05) is 14.2 Å². The summed E-state index contributed by atoms with van der Waals surface area (Å²) < 4.78 is 5.58. The summed E-state index contributed by atoms with van der Waals surface area (Å²) in [6, 6.07) is 0.687. The summed E-state index contributed by atoms with van der Waals surface area (Å²) >= 11 is 0. The van der Waals surface area contributed by atoms with Crippen LogP contribution in [0.5, 0.6) is 0 Å². The van der Waals surface area contributed by atoms with Gasteiger partial charge in [0.15, 0.2) is 0 Å². The first kappa shape index (κ1) is 16.3. The smallest absolute Gasteiger partial charge is 0.0623 e. The summed E-state index contributed by atoms with van der Waals surface area (Å²) in [5.41, 5.74) is 0.0249.